The first kappa shape index (κ1) is 24.6. The van der Waals surface area contributed by atoms with Gasteiger partial charge in [-0.05, 0) is 68.0 Å². The molecule has 1 aliphatic heterocycles. The molecule has 2 bridgehead atoms. The minimum absolute atomic E-state index is 0.0261. The number of pyridine rings is 1. The second-order valence-corrected chi connectivity index (χ2v) is 11.4. The van der Waals surface area contributed by atoms with Gasteiger partial charge in [-0.2, -0.15) is 0 Å². The maximum Gasteiger partial charge on any atom is 0.254 e. The Balaban J connectivity index is 1.60. The molecule has 5 rings (SSSR count). The number of aromatic nitrogens is 3. The standard InChI is InChI=1S/C27H33N5O3S/c1-16(12-18-6-5-9-29-17(18)2)26-30-21-13-20(27(33)32-15-19-7-8-22(32)24(19)28)14-23(35-3)25(21)31(26)10-11-36(4)34/h5-6,9,12-14,19,22,24H,7-8,10-11,15,28H2,1-4H3/b16-12+. The Morgan fingerprint density at radius 1 is 1.33 bits per heavy atom. The van der Waals surface area contributed by atoms with Gasteiger partial charge in [0.25, 0.3) is 5.91 Å². The number of rotatable bonds is 7. The Morgan fingerprint density at radius 2 is 2.14 bits per heavy atom. The zero-order chi connectivity index (χ0) is 25.6. The number of carbonyl (C=O) groups excluding carboxylic acids is 1. The summed E-state index contributed by atoms with van der Waals surface area (Å²) in [5.74, 6) is 2.17. The summed E-state index contributed by atoms with van der Waals surface area (Å²) < 4.78 is 19.8. The van der Waals surface area contributed by atoms with Crippen molar-refractivity contribution in [1.82, 2.24) is 19.4 Å². The van der Waals surface area contributed by atoms with Gasteiger partial charge in [0, 0.05) is 65.4 Å². The van der Waals surface area contributed by atoms with Gasteiger partial charge in [0.2, 0.25) is 0 Å². The zero-order valence-electron chi connectivity index (χ0n) is 21.2. The van der Waals surface area contributed by atoms with Crippen molar-refractivity contribution in [3.05, 3.63) is 53.1 Å². The minimum atomic E-state index is -0.974. The number of aryl methyl sites for hydroxylation is 2. The molecule has 3 aromatic rings. The van der Waals surface area contributed by atoms with Gasteiger partial charge < -0.3 is 19.9 Å². The molecule has 4 unspecified atom stereocenters. The van der Waals surface area contributed by atoms with E-state index >= 15 is 0 Å². The Hall–Kier alpha value is -3.04. The van der Waals surface area contributed by atoms with Crippen LogP contribution in [0, 0.1) is 12.8 Å². The van der Waals surface area contributed by atoms with Crippen LogP contribution < -0.4 is 10.5 Å². The zero-order valence-corrected chi connectivity index (χ0v) is 22.0. The van der Waals surface area contributed by atoms with Crippen LogP contribution >= 0.6 is 0 Å². The van der Waals surface area contributed by atoms with E-state index < -0.39 is 10.8 Å². The molecule has 8 nitrogen and oxygen atoms in total. The van der Waals surface area contributed by atoms with Crippen molar-refractivity contribution in [2.75, 3.05) is 25.7 Å². The van der Waals surface area contributed by atoms with Crippen LogP contribution in [-0.4, -0.2) is 67.3 Å². The van der Waals surface area contributed by atoms with Crippen LogP contribution in [0.3, 0.4) is 0 Å². The molecule has 1 aliphatic carbocycles. The predicted octanol–water partition coefficient (Wildman–Crippen LogP) is 3.25. The van der Waals surface area contributed by atoms with Gasteiger partial charge in [-0.1, -0.05) is 6.07 Å². The average molecular weight is 508 g/mol. The highest BCUT2D eigenvalue weighted by molar-refractivity contribution is 7.84. The fraction of sp³-hybridized carbons (Fsp3) is 0.444. The van der Waals surface area contributed by atoms with Crippen molar-refractivity contribution < 1.29 is 13.7 Å². The lowest BCUT2D eigenvalue weighted by atomic mass is 10.1. The van der Waals surface area contributed by atoms with E-state index in [1.807, 2.05) is 36.9 Å². The summed E-state index contributed by atoms with van der Waals surface area (Å²) >= 11 is 0. The maximum absolute atomic E-state index is 13.5. The van der Waals surface area contributed by atoms with Crippen LogP contribution in [0.4, 0.5) is 0 Å². The third-order valence-electron chi connectivity index (χ3n) is 7.56. The number of benzene rings is 1. The third kappa shape index (κ3) is 4.35. The lowest BCUT2D eigenvalue weighted by molar-refractivity contribution is 0.0700. The molecule has 36 heavy (non-hydrogen) atoms. The molecular weight excluding hydrogens is 474 g/mol. The molecule has 2 aromatic heterocycles. The minimum Gasteiger partial charge on any atom is -0.494 e. The van der Waals surface area contributed by atoms with Crippen molar-refractivity contribution >= 4 is 39.4 Å². The summed E-state index contributed by atoms with van der Waals surface area (Å²) in [6.45, 7) is 5.20. The Bertz CT molecular complexity index is 1380. The summed E-state index contributed by atoms with van der Waals surface area (Å²) in [4.78, 5) is 24.8. The van der Waals surface area contributed by atoms with Gasteiger partial charge in [0.1, 0.15) is 17.1 Å². The molecule has 1 saturated heterocycles. The number of carbonyl (C=O) groups is 1. The largest absolute Gasteiger partial charge is 0.494 e. The number of piperidine rings is 1. The lowest BCUT2D eigenvalue weighted by Crippen LogP contribution is -2.41. The number of hydrogen-bond donors (Lipinski definition) is 1. The Labute approximate surface area is 214 Å². The fourth-order valence-corrected chi connectivity index (χ4v) is 6.08. The predicted molar refractivity (Wildman–Crippen MR) is 143 cm³/mol. The summed E-state index contributed by atoms with van der Waals surface area (Å²) in [7, 11) is 0.630. The maximum atomic E-state index is 13.5. The molecular formula is C27H33N5O3S. The van der Waals surface area contributed by atoms with Crippen molar-refractivity contribution in [3.63, 3.8) is 0 Å². The average Bonchev–Trinajstić information content (AvgIpc) is 3.52. The molecule has 4 atom stereocenters. The number of likely N-dealkylation sites (tertiary alicyclic amines) is 1. The second-order valence-electron chi connectivity index (χ2n) is 9.86. The smallest absolute Gasteiger partial charge is 0.254 e. The number of allylic oxidation sites excluding steroid dienone is 1. The first-order valence-electron chi connectivity index (χ1n) is 12.3. The van der Waals surface area contributed by atoms with Crippen LogP contribution in [0.25, 0.3) is 22.7 Å². The van der Waals surface area contributed by atoms with E-state index in [0.29, 0.717) is 41.6 Å². The molecule has 0 spiro atoms. The Morgan fingerprint density at radius 3 is 2.78 bits per heavy atom. The quantitative estimate of drug-likeness (QED) is 0.527. The summed E-state index contributed by atoms with van der Waals surface area (Å²) in [5, 5.41) is 0. The SMILES string of the molecule is COc1cc(C(=O)N2CC3CCC2C3N)cc2nc(/C(C)=C/c3cccnc3C)n(CCS(C)=O)c12. The monoisotopic (exact) mass is 507 g/mol. The number of imidazole rings is 1. The molecule has 2 aliphatic rings. The molecule has 3 heterocycles. The molecule has 2 N–H and O–H groups in total. The van der Waals surface area contributed by atoms with Crippen molar-refractivity contribution in [2.24, 2.45) is 11.7 Å². The first-order valence-corrected chi connectivity index (χ1v) is 14.1. The van der Waals surface area contributed by atoms with Gasteiger partial charge in [0.05, 0.1) is 12.6 Å². The highest BCUT2D eigenvalue weighted by Gasteiger charge is 2.47. The number of methoxy groups -OCH3 is 1. The molecule has 1 aromatic carbocycles. The molecule has 0 radical (unpaired) electrons. The van der Waals surface area contributed by atoms with Gasteiger partial charge in [-0.25, -0.2) is 4.98 Å². The fourth-order valence-electron chi connectivity index (χ4n) is 5.64. The number of hydrogen-bond acceptors (Lipinski definition) is 6. The summed E-state index contributed by atoms with van der Waals surface area (Å²) in [6, 6.07) is 7.74. The highest BCUT2D eigenvalue weighted by Crippen LogP contribution is 2.38. The molecule has 190 valence electrons. The van der Waals surface area contributed by atoms with E-state index in [0.717, 1.165) is 41.0 Å². The number of nitrogens with two attached hydrogens (primary N) is 1. The van der Waals surface area contributed by atoms with Gasteiger partial charge in [0.15, 0.2) is 0 Å². The van der Waals surface area contributed by atoms with Crippen molar-refractivity contribution in [3.8, 4) is 5.75 Å². The van der Waals surface area contributed by atoms with E-state index in [-0.39, 0.29) is 18.0 Å². The van der Waals surface area contributed by atoms with Crippen LogP contribution in [0.15, 0.2) is 30.5 Å². The van der Waals surface area contributed by atoms with Crippen molar-refractivity contribution in [2.45, 2.75) is 45.3 Å². The third-order valence-corrected chi connectivity index (χ3v) is 8.32. The van der Waals surface area contributed by atoms with Gasteiger partial charge in [-0.15, -0.1) is 0 Å². The summed E-state index contributed by atoms with van der Waals surface area (Å²) in [5.41, 5.74) is 11.3. The molecule has 1 amide bonds. The second kappa shape index (κ2) is 9.78. The molecule has 1 saturated carbocycles. The highest BCUT2D eigenvalue weighted by atomic mass is 32.2. The number of ether oxygens (including phenoxy) is 1. The normalized spacial score (nSPS) is 22.4. The number of nitrogens with zero attached hydrogens (tertiary/aromatic N) is 4. The number of amides is 1. The van der Waals surface area contributed by atoms with E-state index in [4.69, 9.17) is 15.5 Å². The first-order chi connectivity index (χ1) is 17.3. The van der Waals surface area contributed by atoms with Crippen LogP contribution in [0.5, 0.6) is 5.75 Å². The van der Waals surface area contributed by atoms with E-state index in [1.165, 1.54) is 0 Å². The van der Waals surface area contributed by atoms with Gasteiger partial charge >= 0.3 is 0 Å². The molecule has 9 heteroatoms. The van der Waals surface area contributed by atoms with E-state index in [9.17, 15) is 9.00 Å². The van der Waals surface area contributed by atoms with Crippen molar-refractivity contribution in [1.29, 1.82) is 0 Å². The number of fused-ring (bicyclic) bond motifs is 3. The topological polar surface area (TPSA) is 103 Å². The van der Waals surface area contributed by atoms with Crippen LogP contribution in [0.2, 0.25) is 0 Å². The van der Waals surface area contributed by atoms with Crippen LogP contribution in [0.1, 0.15) is 47.2 Å². The lowest BCUT2D eigenvalue weighted by Gasteiger charge is -2.27. The Kier molecular flexibility index (Phi) is 6.70. The molecule has 2 fully saturated rings. The van der Waals surface area contributed by atoms with Crippen LogP contribution in [-0.2, 0) is 17.3 Å². The van der Waals surface area contributed by atoms with Gasteiger partial charge in [-0.3, -0.25) is 14.0 Å². The summed E-state index contributed by atoms with van der Waals surface area (Å²) in [6.07, 6.45) is 7.58. The van der Waals surface area contributed by atoms with E-state index in [1.54, 1.807) is 25.6 Å². The van der Waals surface area contributed by atoms with E-state index in [2.05, 4.69) is 15.6 Å².